The fourth-order valence-electron chi connectivity index (χ4n) is 3.08. The number of nitrogens with one attached hydrogen (secondary N) is 2. The fraction of sp³-hybridized carbons (Fsp3) is 0.611. The van der Waals surface area contributed by atoms with Crippen LogP contribution in [0.4, 0.5) is 5.69 Å². The van der Waals surface area contributed by atoms with Gasteiger partial charge in [0.2, 0.25) is 5.91 Å². The summed E-state index contributed by atoms with van der Waals surface area (Å²) < 4.78 is 11.2. The van der Waals surface area contributed by atoms with Crippen LogP contribution >= 0.6 is 12.4 Å². The van der Waals surface area contributed by atoms with Gasteiger partial charge in [0, 0.05) is 25.4 Å². The van der Waals surface area contributed by atoms with Crippen LogP contribution in [0.25, 0.3) is 0 Å². The predicted molar refractivity (Wildman–Crippen MR) is 97.0 cm³/mol. The first-order chi connectivity index (χ1) is 11.3. The third-order valence-electron chi connectivity index (χ3n) is 4.62. The molecule has 134 valence electrons. The maximum Gasteiger partial charge on any atom is 0.228 e. The van der Waals surface area contributed by atoms with E-state index in [1.807, 2.05) is 24.3 Å². The number of piperidine rings is 1. The van der Waals surface area contributed by atoms with Crippen molar-refractivity contribution in [3.63, 3.8) is 0 Å². The molecule has 1 aromatic rings. The first-order valence-corrected chi connectivity index (χ1v) is 8.63. The maximum absolute atomic E-state index is 12.2. The Balaban J connectivity index is 0.00000208. The average Bonchev–Trinajstić information content (AvgIpc) is 2.63. The Morgan fingerprint density at radius 2 is 1.96 bits per heavy atom. The molecule has 1 aromatic carbocycles. The Hall–Kier alpha value is -1.30. The molecule has 5 nitrogen and oxygen atoms in total. The van der Waals surface area contributed by atoms with Crippen molar-refractivity contribution >= 4 is 24.0 Å². The lowest BCUT2D eigenvalue weighted by atomic mass is 9.99. The number of carbonyl (C=O) groups excluding carboxylic acids is 1. The van der Waals surface area contributed by atoms with E-state index in [2.05, 4.69) is 10.6 Å². The molecule has 0 saturated carbocycles. The Bertz CT molecular complexity index is 497. The van der Waals surface area contributed by atoms with Crippen LogP contribution in [0.5, 0.6) is 5.75 Å². The van der Waals surface area contributed by atoms with Crippen molar-refractivity contribution in [1.82, 2.24) is 5.32 Å². The van der Waals surface area contributed by atoms with E-state index in [1.165, 1.54) is 0 Å². The number of hydrogen-bond acceptors (Lipinski definition) is 4. The standard InChI is InChI=1S/C18H26N2O3.ClH/c21-18(15-2-1-9-19-12-15)20-16-3-5-17(6-4-16)23-13-14-7-10-22-11-8-14;/h3-6,14-15,19H,1-2,7-13H2,(H,20,21);1H. The van der Waals surface area contributed by atoms with Crippen molar-refractivity contribution < 1.29 is 14.3 Å². The van der Waals surface area contributed by atoms with Crippen molar-refractivity contribution in [2.45, 2.75) is 25.7 Å². The lowest BCUT2D eigenvalue weighted by Gasteiger charge is -2.22. The Morgan fingerprint density at radius 1 is 1.21 bits per heavy atom. The van der Waals surface area contributed by atoms with Crippen LogP contribution < -0.4 is 15.4 Å². The van der Waals surface area contributed by atoms with Crippen molar-refractivity contribution in [1.29, 1.82) is 0 Å². The number of amides is 1. The first-order valence-electron chi connectivity index (χ1n) is 8.63. The third-order valence-corrected chi connectivity index (χ3v) is 4.62. The van der Waals surface area contributed by atoms with Gasteiger partial charge in [0.25, 0.3) is 0 Å². The summed E-state index contributed by atoms with van der Waals surface area (Å²) >= 11 is 0. The number of carbonyl (C=O) groups is 1. The lowest BCUT2D eigenvalue weighted by molar-refractivity contribution is -0.120. The number of hydrogen-bond donors (Lipinski definition) is 2. The molecule has 24 heavy (non-hydrogen) atoms. The summed E-state index contributed by atoms with van der Waals surface area (Å²) in [6, 6.07) is 7.67. The smallest absolute Gasteiger partial charge is 0.228 e. The molecule has 1 amide bonds. The molecule has 0 bridgehead atoms. The minimum absolute atomic E-state index is 0. The van der Waals surface area contributed by atoms with Crippen LogP contribution in [0.1, 0.15) is 25.7 Å². The van der Waals surface area contributed by atoms with Gasteiger partial charge in [0.05, 0.1) is 12.5 Å². The van der Waals surface area contributed by atoms with Gasteiger partial charge >= 0.3 is 0 Å². The van der Waals surface area contributed by atoms with Crippen LogP contribution in [-0.4, -0.2) is 38.8 Å². The number of rotatable bonds is 5. The largest absolute Gasteiger partial charge is 0.493 e. The van der Waals surface area contributed by atoms with Crippen molar-refractivity contribution in [2.24, 2.45) is 11.8 Å². The van der Waals surface area contributed by atoms with Crippen LogP contribution in [-0.2, 0) is 9.53 Å². The topological polar surface area (TPSA) is 59.6 Å². The number of benzene rings is 1. The van der Waals surface area contributed by atoms with Gasteiger partial charge in [-0.3, -0.25) is 4.79 Å². The quantitative estimate of drug-likeness (QED) is 0.853. The second-order valence-electron chi connectivity index (χ2n) is 6.42. The Labute approximate surface area is 149 Å². The Morgan fingerprint density at radius 3 is 2.62 bits per heavy atom. The molecule has 2 heterocycles. The fourth-order valence-corrected chi connectivity index (χ4v) is 3.08. The zero-order chi connectivity index (χ0) is 15.9. The van der Waals surface area contributed by atoms with E-state index < -0.39 is 0 Å². The van der Waals surface area contributed by atoms with Crippen molar-refractivity contribution in [2.75, 3.05) is 38.2 Å². The third kappa shape index (κ3) is 5.65. The van der Waals surface area contributed by atoms with E-state index in [0.29, 0.717) is 5.92 Å². The monoisotopic (exact) mass is 354 g/mol. The zero-order valence-electron chi connectivity index (χ0n) is 14.0. The summed E-state index contributed by atoms with van der Waals surface area (Å²) in [7, 11) is 0. The average molecular weight is 355 g/mol. The van der Waals surface area contributed by atoms with Gasteiger partial charge in [-0.2, -0.15) is 0 Å². The minimum Gasteiger partial charge on any atom is -0.493 e. The lowest BCUT2D eigenvalue weighted by Crippen LogP contribution is -2.37. The SMILES string of the molecule is Cl.O=C(Nc1ccc(OCC2CCOCC2)cc1)C1CCCNC1. The molecule has 2 N–H and O–H groups in total. The second kappa shape index (κ2) is 9.87. The summed E-state index contributed by atoms with van der Waals surface area (Å²) in [5.74, 6) is 1.62. The van der Waals surface area contributed by atoms with E-state index in [0.717, 1.165) is 70.0 Å². The molecule has 2 aliphatic heterocycles. The Kier molecular flexibility index (Phi) is 7.82. The maximum atomic E-state index is 12.2. The molecular weight excluding hydrogens is 328 g/mol. The van der Waals surface area contributed by atoms with E-state index in [4.69, 9.17) is 9.47 Å². The molecule has 6 heteroatoms. The minimum atomic E-state index is 0. The van der Waals surface area contributed by atoms with Crippen LogP contribution in [0, 0.1) is 11.8 Å². The molecule has 1 unspecified atom stereocenters. The summed E-state index contributed by atoms with van der Waals surface area (Å²) in [5.41, 5.74) is 0.832. The van der Waals surface area contributed by atoms with Gasteiger partial charge in [-0.05, 0) is 62.4 Å². The molecule has 0 radical (unpaired) electrons. The molecule has 1 atom stereocenters. The second-order valence-corrected chi connectivity index (χ2v) is 6.42. The van der Waals surface area contributed by atoms with Gasteiger partial charge in [-0.1, -0.05) is 0 Å². The normalized spacial score (nSPS) is 21.6. The summed E-state index contributed by atoms with van der Waals surface area (Å²) in [6.45, 7) is 4.22. The van der Waals surface area contributed by atoms with Crippen molar-refractivity contribution in [3.05, 3.63) is 24.3 Å². The van der Waals surface area contributed by atoms with Crippen molar-refractivity contribution in [3.8, 4) is 5.75 Å². The number of ether oxygens (including phenoxy) is 2. The highest BCUT2D eigenvalue weighted by atomic mass is 35.5. The highest BCUT2D eigenvalue weighted by Gasteiger charge is 2.20. The first kappa shape index (κ1) is 19.0. The number of halogens is 1. The van der Waals surface area contributed by atoms with E-state index >= 15 is 0 Å². The summed E-state index contributed by atoms with van der Waals surface area (Å²) in [6.07, 6.45) is 4.18. The van der Waals surface area contributed by atoms with Crippen LogP contribution in [0.2, 0.25) is 0 Å². The predicted octanol–water partition coefficient (Wildman–Crippen LogP) is 2.85. The zero-order valence-corrected chi connectivity index (χ0v) is 14.8. The van der Waals surface area contributed by atoms with Gasteiger partial charge in [-0.15, -0.1) is 12.4 Å². The van der Waals surface area contributed by atoms with Gasteiger partial charge in [0.15, 0.2) is 0 Å². The van der Waals surface area contributed by atoms with Gasteiger partial charge < -0.3 is 20.1 Å². The summed E-state index contributed by atoms with van der Waals surface area (Å²) in [5, 5.41) is 6.26. The van der Waals surface area contributed by atoms with Gasteiger partial charge in [-0.25, -0.2) is 0 Å². The molecule has 2 saturated heterocycles. The highest BCUT2D eigenvalue weighted by Crippen LogP contribution is 2.20. The number of anilines is 1. The molecular formula is C18H27ClN2O3. The molecule has 2 fully saturated rings. The molecule has 0 aliphatic carbocycles. The molecule has 0 spiro atoms. The van der Waals surface area contributed by atoms with Crippen LogP contribution in [0.15, 0.2) is 24.3 Å². The van der Waals surface area contributed by atoms with Gasteiger partial charge in [0.1, 0.15) is 5.75 Å². The summed E-state index contributed by atoms with van der Waals surface area (Å²) in [4.78, 5) is 12.2. The van der Waals surface area contributed by atoms with Crippen LogP contribution in [0.3, 0.4) is 0 Å². The van der Waals surface area contributed by atoms with E-state index in [9.17, 15) is 4.79 Å². The molecule has 3 rings (SSSR count). The van der Waals surface area contributed by atoms with E-state index in [1.54, 1.807) is 0 Å². The molecule has 2 aliphatic rings. The highest BCUT2D eigenvalue weighted by molar-refractivity contribution is 5.92. The van der Waals surface area contributed by atoms with E-state index in [-0.39, 0.29) is 24.2 Å². The molecule has 0 aromatic heterocycles.